The van der Waals surface area contributed by atoms with Gasteiger partial charge in [-0.1, -0.05) is 23.7 Å². The molecule has 2 aromatic rings. The van der Waals surface area contributed by atoms with Gasteiger partial charge in [-0.2, -0.15) is 0 Å². The molecule has 7 heteroatoms. The molecule has 1 saturated heterocycles. The molecule has 0 saturated carbocycles. The molecule has 3 rings (SSSR count). The Hall–Kier alpha value is -1.53. The van der Waals surface area contributed by atoms with Crippen LogP contribution in [0, 0.1) is 5.82 Å². The van der Waals surface area contributed by atoms with E-state index in [0.29, 0.717) is 29.2 Å². The number of hydrogen-bond acceptors (Lipinski definition) is 4. The lowest BCUT2D eigenvalue weighted by atomic mass is 10.2. The minimum absolute atomic E-state index is 0. The molecule has 2 aromatic carbocycles. The maximum atomic E-state index is 13.0. The third kappa shape index (κ3) is 6.25. The van der Waals surface area contributed by atoms with Gasteiger partial charge < -0.3 is 31.9 Å². The summed E-state index contributed by atoms with van der Waals surface area (Å²) in [7, 11) is 1.58. The van der Waals surface area contributed by atoms with E-state index in [1.807, 2.05) is 12.1 Å². The van der Waals surface area contributed by atoms with E-state index in [1.54, 1.807) is 19.2 Å². The maximum absolute atomic E-state index is 13.0. The molecule has 0 amide bonds. The average Bonchev–Trinajstić information content (AvgIpc) is 3.15. The van der Waals surface area contributed by atoms with Crippen molar-refractivity contribution in [2.45, 2.75) is 32.1 Å². The predicted octanol–water partition coefficient (Wildman–Crippen LogP) is 1.34. The van der Waals surface area contributed by atoms with Gasteiger partial charge in [-0.25, -0.2) is 4.39 Å². The summed E-state index contributed by atoms with van der Waals surface area (Å²) in [6.45, 7) is 2.63. The molecule has 1 N–H and O–H groups in total. The summed E-state index contributed by atoms with van der Waals surface area (Å²) in [5.41, 5.74) is 1.87. The van der Waals surface area contributed by atoms with Crippen LogP contribution in [0.3, 0.4) is 0 Å². The molecular formula is C20H23Cl2FNO3-. The van der Waals surface area contributed by atoms with Crippen LogP contribution in [0.15, 0.2) is 36.4 Å². The number of halogens is 3. The van der Waals surface area contributed by atoms with E-state index in [-0.39, 0.29) is 24.8 Å². The standard InChI is InChI=1S/C20H23ClFNO3.ClH/c1-24-19-10-15(11-23-12-17-3-2-8-25-17)9-18(21)20(19)26-13-14-4-6-16(22)7-5-14;/h4-7,9-10,17,23H,2-3,8,11-13H2,1H3;1H/p-1. The van der Waals surface area contributed by atoms with Crippen LogP contribution in [0.1, 0.15) is 24.0 Å². The second-order valence-electron chi connectivity index (χ2n) is 6.29. The fraction of sp³-hybridized carbons (Fsp3) is 0.400. The molecule has 0 aromatic heterocycles. The molecule has 27 heavy (non-hydrogen) atoms. The van der Waals surface area contributed by atoms with E-state index in [4.69, 9.17) is 25.8 Å². The third-order valence-corrected chi connectivity index (χ3v) is 4.59. The van der Waals surface area contributed by atoms with Crippen molar-refractivity contribution in [1.29, 1.82) is 0 Å². The summed E-state index contributed by atoms with van der Waals surface area (Å²) >= 11 is 6.39. The Kier molecular flexibility index (Phi) is 8.64. The molecule has 148 valence electrons. The molecule has 1 aliphatic heterocycles. The highest BCUT2D eigenvalue weighted by molar-refractivity contribution is 6.32. The summed E-state index contributed by atoms with van der Waals surface area (Å²) in [4.78, 5) is 0. The lowest BCUT2D eigenvalue weighted by Gasteiger charge is -2.15. The van der Waals surface area contributed by atoms with E-state index in [2.05, 4.69) is 5.32 Å². The van der Waals surface area contributed by atoms with Crippen LogP contribution < -0.4 is 27.2 Å². The highest BCUT2D eigenvalue weighted by atomic mass is 35.5. The van der Waals surface area contributed by atoms with Crippen molar-refractivity contribution < 1.29 is 31.0 Å². The van der Waals surface area contributed by atoms with E-state index in [9.17, 15) is 4.39 Å². The normalized spacial score (nSPS) is 16.0. The average molecular weight is 415 g/mol. The van der Waals surface area contributed by atoms with Crippen LogP contribution in [-0.2, 0) is 17.9 Å². The molecule has 1 unspecified atom stereocenters. The maximum Gasteiger partial charge on any atom is 0.180 e. The van der Waals surface area contributed by atoms with E-state index < -0.39 is 0 Å². The fourth-order valence-corrected chi connectivity index (χ4v) is 3.22. The Morgan fingerprint density at radius 1 is 1.22 bits per heavy atom. The van der Waals surface area contributed by atoms with Gasteiger partial charge in [0.15, 0.2) is 11.5 Å². The molecule has 0 bridgehead atoms. The highest BCUT2D eigenvalue weighted by Crippen LogP contribution is 2.37. The smallest absolute Gasteiger partial charge is 0.180 e. The Morgan fingerprint density at radius 2 is 2.00 bits per heavy atom. The lowest BCUT2D eigenvalue weighted by molar-refractivity contribution is -0.00000769. The first kappa shape index (κ1) is 21.8. The number of rotatable bonds is 8. The summed E-state index contributed by atoms with van der Waals surface area (Å²) in [5.74, 6) is 0.791. The minimum atomic E-state index is -0.274. The Bertz CT molecular complexity index is 722. The van der Waals surface area contributed by atoms with Crippen LogP contribution >= 0.6 is 11.6 Å². The largest absolute Gasteiger partial charge is 1.00 e. The molecule has 0 spiro atoms. The molecule has 1 atom stereocenters. The van der Waals surface area contributed by atoms with Gasteiger partial charge in [-0.3, -0.25) is 0 Å². The van der Waals surface area contributed by atoms with Gasteiger partial charge in [0.25, 0.3) is 0 Å². The molecular weight excluding hydrogens is 392 g/mol. The number of nitrogens with one attached hydrogen (secondary N) is 1. The van der Waals surface area contributed by atoms with Crippen molar-refractivity contribution in [2.24, 2.45) is 0 Å². The monoisotopic (exact) mass is 414 g/mol. The Balaban J connectivity index is 0.00000261. The summed E-state index contributed by atoms with van der Waals surface area (Å²) < 4.78 is 29.8. The van der Waals surface area contributed by atoms with Gasteiger partial charge in [-0.15, -0.1) is 0 Å². The first-order chi connectivity index (χ1) is 12.7. The summed E-state index contributed by atoms with van der Waals surface area (Å²) in [6, 6.07) is 9.94. The van der Waals surface area contributed by atoms with E-state index in [0.717, 1.165) is 37.1 Å². The Morgan fingerprint density at radius 3 is 2.67 bits per heavy atom. The van der Waals surface area contributed by atoms with Crippen LogP contribution in [0.5, 0.6) is 11.5 Å². The highest BCUT2D eigenvalue weighted by Gasteiger charge is 2.16. The van der Waals surface area contributed by atoms with E-state index in [1.165, 1.54) is 12.1 Å². The van der Waals surface area contributed by atoms with Crippen molar-refractivity contribution in [2.75, 3.05) is 20.3 Å². The van der Waals surface area contributed by atoms with Crippen molar-refractivity contribution in [3.8, 4) is 11.5 Å². The zero-order valence-corrected chi connectivity index (χ0v) is 16.7. The zero-order valence-electron chi connectivity index (χ0n) is 15.1. The van der Waals surface area contributed by atoms with Gasteiger partial charge in [0.1, 0.15) is 12.4 Å². The summed E-state index contributed by atoms with van der Waals surface area (Å²) in [6.07, 6.45) is 2.53. The molecule has 1 fully saturated rings. The molecule has 1 heterocycles. The van der Waals surface area contributed by atoms with Gasteiger partial charge in [0, 0.05) is 19.7 Å². The third-order valence-electron chi connectivity index (χ3n) is 4.31. The Labute approximate surface area is 170 Å². The van der Waals surface area contributed by atoms with Gasteiger partial charge in [0.05, 0.1) is 18.2 Å². The van der Waals surface area contributed by atoms with Crippen LogP contribution in [0.4, 0.5) is 4.39 Å². The first-order valence-corrected chi connectivity index (χ1v) is 9.09. The predicted molar refractivity (Wildman–Crippen MR) is 99.4 cm³/mol. The van der Waals surface area contributed by atoms with Gasteiger partial charge in [-0.05, 0) is 48.2 Å². The topological polar surface area (TPSA) is 39.7 Å². The van der Waals surface area contributed by atoms with Gasteiger partial charge >= 0.3 is 0 Å². The fourth-order valence-electron chi connectivity index (χ4n) is 2.93. The minimum Gasteiger partial charge on any atom is -1.00 e. The molecule has 0 radical (unpaired) electrons. The van der Waals surface area contributed by atoms with Crippen molar-refractivity contribution in [3.63, 3.8) is 0 Å². The molecule has 4 nitrogen and oxygen atoms in total. The quantitative estimate of drug-likeness (QED) is 0.707. The van der Waals surface area contributed by atoms with E-state index >= 15 is 0 Å². The number of benzene rings is 2. The van der Waals surface area contributed by atoms with Crippen LogP contribution in [0.2, 0.25) is 5.02 Å². The number of ether oxygens (including phenoxy) is 3. The second kappa shape index (κ2) is 10.7. The summed E-state index contributed by atoms with van der Waals surface area (Å²) in [5, 5.41) is 3.88. The number of hydrogen-bond donors (Lipinski definition) is 1. The molecule has 1 aliphatic rings. The van der Waals surface area contributed by atoms with Crippen molar-refractivity contribution in [1.82, 2.24) is 5.32 Å². The zero-order chi connectivity index (χ0) is 18.4. The number of methoxy groups -OCH3 is 1. The van der Waals surface area contributed by atoms with Crippen LogP contribution in [0.25, 0.3) is 0 Å². The lowest BCUT2D eigenvalue weighted by Crippen LogP contribution is -3.00. The van der Waals surface area contributed by atoms with Crippen LogP contribution in [-0.4, -0.2) is 26.4 Å². The molecule has 0 aliphatic carbocycles. The SMILES string of the molecule is COc1cc(CNCC2CCCO2)cc(Cl)c1OCc1ccc(F)cc1.[Cl-]. The second-order valence-corrected chi connectivity index (χ2v) is 6.70. The van der Waals surface area contributed by atoms with Crippen molar-refractivity contribution in [3.05, 3.63) is 58.4 Å². The first-order valence-electron chi connectivity index (χ1n) is 8.71. The van der Waals surface area contributed by atoms with Gasteiger partial charge in [0.2, 0.25) is 0 Å². The van der Waals surface area contributed by atoms with Crippen molar-refractivity contribution >= 4 is 11.6 Å².